The van der Waals surface area contributed by atoms with Crippen LogP contribution in [0.15, 0.2) is 41.6 Å². The number of carbonyl (C=O) groups excluding carboxylic acids is 1. The number of nitrogens with zero attached hydrogens (tertiary/aromatic N) is 4. The zero-order valence-electron chi connectivity index (χ0n) is 15.5. The van der Waals surface area contributed by atoms with Crippen LogP contribution in [0.4, 0.5) is 11.4 Å². The lowest BCUT2D eigenvalue weighted by Crippen LogP contribution is -2.14. The van der Waals surface area contributed by atoms with Gasteiger partial charge < -0.3 is 15.0 Å². The van der Waals surface area contributed by atoms with Gasteiger partial charge in [-0.25, -0.2) is 0 Å². The van der Waals surface area contributed by atoms with Gasteiger partial charge in [0.1, 0.15) is 0 Å². The minimum Gasteiger partial charge on any atom is -0.502 e. The average molecular weight is 468 g/mol. The Hall–Kier alpha value is -2.82. The summed E-state index contributed by atoms with van der Waals surface area (Å²) in [6, 6.07) is 8.68. The number of carbonyl (C=O) groups is 1. The molecule has 2 aromatic carbocycles. The first-order chi connectivity index (χ1) is 14.3. The highest BCUT2D eigenvalue weighted by molar-refractivity contribution is 7.99. The van der Waals surface area contributed by atoms with Crippen LogP contribution in [0.1, 0.15) is 6.92 Å². The van der Waals surface area contributed by atoms with Crippen molar-refractivity contribution >= 4 is 52.2 Å². The number of hydrogen-bond donors (Lipinski definition) is 2. The van der Waals surface area contributed by atoms with E-state index in [1.807, 2.05) is 11.5 Å². The Morgan fingerprint density at radius 2 is 2.03 bits per heavy atom. The van der Waals surface area contributed by atoms with E-state index in [-0.39, 0.29) is 11.4 Å². The molecule has 0 aliphatic carbocycles. The summed E-state index contributed by atoms with van der Waals surface area (Å²) in [5.74, 6) is -0.314. The molecule has 0 aliphatic heterocycles. The molecule has 3 rings (SSSR count). The third kappa shape index (κ3) is 4.84. The maximum Gasteiger partial charge on any atom is 0.312 e. The van der Waals surface area contributed by atoms with Crippen molar-refractivity contribution < 1.29 is 14.8 Å². The molecule has 1 amide bonds. The summed E-state index contributed by atoms with van der Waals surface area (Å²) < 4.78 is 1.82. The predicted octanol–water partition coefficient (Wildman–Crippen LogP) is 4.62. The monoisotopic (exact) mass is 467 g/mol. The van der Waals surface area contributed by atoms with Gasteiger partial charge >= 0.3 is 5.69 Å². The summed E-state index contributed by atoms with van der Waals surface area (Å²) in [5, 5.41) is 32.7. The van der Waals surface area contributed by atoms with Crippen molar-refractivity contribution in [3.05, 3.63) is 56.6 Å². The number of halogens is 2. The number of nitro benzene ring substituents is 1. The fourth-order valence-electron chi connectivity index (χ4n) is 2.63. The zero-order valence-corrected chi connectivity index (χ0v) is 17.8. The topological polar surface area (TPSA) is 123 Å². The van der Waals surface area contributed by atoms with Crippen molar-refractivity contribution in [2.45, 2.75) is 18.6 Å². The molecule has 9 nitrogen and oxygen atoms in total. The van der Waals surface area contributed by atoms with E-state index in [1.54, 1.807) is 18.2 Å². The number of hydrogen-bond acceptors (Lipinski definition) is 7. The lowest BCUT2D eigenvalue weighted by Gasteiger charge is -2.09. The molecule has 0 bridgehead atoms. The first kappa shape index (κ1) is 21.9. The van der Waals surface area contributed by atoms with Gasteiger partial charge in [0, 0.05) is 28.9 Å². The van der Waals surface area contributed by atoms with E-state index < -0.39 is 22.3 Å². The molecular weight excluding hydrogens is 453 g/mol. The number of aromatic hydroxyl groups is 1. The lowest BCUT2D eigenvalue weighted by atomic mass is 10.2. The normalized spacial score (nSPS) is 10.8. The first-order valence-electron chi connectivity index (χ1n) is 8.58. The summed E-state index contributed by atoms with van der Waals surface area (Å²) in [5.41, 5.74) is 0.384. The van der Waals surface area contributed by atoms with Gasteiger partial charge in [-0.1, -0.05) is 35.0 Å². The number of phenolic OH excluding ortho intramolecular Hbond substituents is 1. The summed E-state index contributed by atoms with van der Waals surface area (Å²) in [7, 11) is 0. The Morgan fingerprint density at radius 1 is 1.27 bits per heavy atom. The van der Waals surface area contributed by atoms with Crippen molar-refractivity contribution in [1.82, 2.24) is 14.8 Å². The van der Waals surface area contributed by atoms with Gasteiger partial charge in [-0.3, -0.25) is 14.9 Å². The minimum absolute atomic E-state index is 0.00115. The number of benzene rings is 2. The number of rotatable bonds is 7. The van der Waals surface area contributed by atoms with Crippen molar-refractivity contribution in [3.63, 3.8) is 0 Å². The molecule has 0 atom stereocenters. The van der Waals surface area contributed by atoms with Crippen molar-refractivity contribution in [3.8, 4) is 17.1 Å². The third-order valence-electron chi connectivity index (χ3n) is 3.99. The molecule has 2 N–H and O–H groups in total. The Balaban J connectivity index is 1.72. The van der Waals surface area contributed by atoms with Crippen molar-refractivity contribution in [1.29, 1.82) is 0 Å². The molecule has 1 aromatic heterocycles. The fourth-order valence-corrected chi connectivity index (χ4v) is 3.92. The third-order valence-corrected chi connectivity index (χ3v) is 5.51. The summed E-state index contributed by atoms with van der Waals surface area (Å²) >= 11 is 13.4. The molecule has 3 aromatic rings. The highest BCUT2D eigenvalue weighted by Gasteiger charge is 2.18. The second kappa shape index (κ2) is 9.33. The Kier molecular flexibility index (Phi) is 6.80. The van der Waals surface area contributed by atoms with Crippen LogP contribution in [0.3, 0.4) is 0 Å². The summed E-state index contributed by atoms with van der Waals surface area (Å²) in [6.07, 6.45) is 0. The Bertz CT molecular complexity index is 1120. The second-order valence-corrected chi connectivity index (χ2v) is 7.76. The zero-order chi connectivity index (χ0) is 21.8. The fraction of sp³-hybridized carbons (Fsp3) is 0.167. The van der Waals surface area contributed by atoms with Crippen LogP contribution >= 0.6 is 35.0 Å². The molecule has 0 unspecified atom stereocenters. The van der Waals surface area contributed by atoms with E-state index in [4.69, 9.17) is 23.2 Å². The molecule has 0 saturated heterocycles. The van der Waals surface area contributed by atoms with Gasteiger partial charge in [-0.15, -0.1) is 10.2 Å². The van der Waals surface area contributed by atoms with Gasteiger partial charge in [0.2, 0.25) is 5.91 Å². The van der Waals surface area contributed by atoms with E-state index in [2.05, 4.69) is 15.5 Å². The Labute approximate surface area is 185 Å². The molecular formula is C18H15Cl2N5O4S. The van der Waals surface area contributed by atoms with Crippen LogP contribution in [0, 0.1) is 10.1 Å². The molecule has 30 heavy (non-hydrogen) atoms. The molecule has 0 spiro atoms. The van der Waals surface area contributed by atoms with Gasteiger partial charge in [0.15, 0.2) is 16.7 Å². The van der Waals surface area contributed by atoms with E-state index in [1.165, 1.54) is 6.07 Å². The number of anilines is 1. The minimum atomic E-state index is -0.729. The first-order valence-corrected chi connectivity index (χ1v) is 10.3. The highest BCUT2D eigenvalue weighted by Crippen LogP contribution is 2.32. The molecule has 0 saturated carbocycles. The maximum atomic E-state index is 12.3. The number of aromatic nitrogens is 3. The average Bonchev–Trinajstić information content (AvgIpc) is 3.10. The van der Waals surface area contributed by atoms with E-state index >= 15 is 0 Å². The van der Waals surface area contributed by atoms with Crippen molar-refractivity contribution in [2.75, 3.05) is 11.1 Å². The summed E-state index contributed by atoms with van der Waals surface area (Å²) in [6.45, 7) is 2.46. The van der Waals surface area contributed by atoms with Gasteiger partial charge in [-0.05, 0) is 37.3 Å². The van der Waals surface area contributed by atoms with Crippen molar-refractivity contribution in [2.24, 2.45) is 0 Å². The highest BCUT2D eigenvalue weighted by atomic mass is 35.5. The Morgan fingerprint density at radius 3 is 2.70 bits per heavy atom. The molecule has 0 aliphatic rings. The molecule has 0 fully saturated rings. The van der Waals surface area contributed by atoms with Crippen LogP contribution in [-0.4, -0.2) is 36.5 Å². The van der Waals surface area contributed by atoms with Gasteiger partial charge in [0.25, 0.3) is 0 Å². The number of thioether (sulfide) groups is 1. The number of phenols is 1. The lowest BCUT2D eigenvalue weighted by molar-refractivity contribution is -0.385. The standard InChI is InChI=1S/C18H15Cl2N5O4S/c1-2-24-17(12-5-3-10(19)7-13(12)20)22-23-18(24)30-9-16(27)21-11-4-6-15(26)14(8-11)25(28)29/h3-8,26H,2,9H2,1H3,(H,21,27). The SMILES string of the molecule is CCn1c(SCC(=O)Nc2ccc(O)c([N+](=O)[O-])c2)nnc1-c1ccc(Cl)cc1Cl. The molecule has 12 heteroatoms. The smallest absolute Gasteiger partial charge is 0.312 e. The number of nitro groups is 1. The van der Waals surface area contributed by atoms with Crippen LogP contribution in [0.5, 0.6) is 5.75 Å². The predicted molar refractivity (Wildman–Crippen MR) is 115 cm³/mol. The van der Waals surface area contributed by atoms with E-state index in [0.29, 0.717) is 33.1 Å². The van der Waals surface area contributed by atoms with E-state index in [0.717, 1.165) is 23.9 Å². The van der Waals surface area contributed by atoms with E-state index in [9.17, 15) is 20.0 Å². The summed E-state index contributed by atoms with van der Waals surface area (Å²) in [4.78, 5) is 22.4. The molecule has 0 radical (unpaired) electrons. The number of nitrogens with one attached hydrogen (secondary N) is 1. The quantitative estimate of drug-likeness (QED) is 0.225. The van der Waals surface area contributed by atoms with Crippen LogP contribution < -0.4 is 5.32 Å². The van der Waals surface area contributed by atoms with Crippen LogP contribution in [0.2, 0.25) is 10.0 Å². The molecule has 1 heterocycles. The van der Waals surface area contributed by atoms with Gasteiger partial charge in [0.05, 0.1) is 15.7 Å². The largest absolute Gasteiger partial charge is 0.502 e. The van der Waals surface area contributed by atoms with Crippen LogP contribution in [0.25, 0.3) is 11.4 Å². The molecule has 156 valence electrons. The number of amides is 1. The van der Waals surface area contributed by atoms with Crippen LogP contribution in [-0.2, 0) is 11.3 Å². The second-order valence-electron chi connectivity index (χ2n) is 5.97. The van der Waals surface area contributed by atoms with Gasteiger partial charge in [-0.2, -0.15) is 0 Å². The maximum absolute atomic E-state index is 12.3.